The molecule has 2 fully saturated rings. The first-order chi connectivity index (χ1) is 14.4. The van der Waals surface area contributed by atoms with Crippen LogP contribution in [0.5, 0.6) is 0 Å². The largest absolute Gasteiger partial charge is 0.480 e. The molecule has 0 aliphatic carbocycles. The van der Waals surface area contributed by atoms with Crippen molar-refractivity contribution in [3.8, 4) is 0 Å². The van der Waals surface area contributed by atoms with Crippen LogP contribution in [0, 0.1) is 5.92 Å². The number of amides is 1. The van der Waals surface area contributed by atoms with Gasteiger partial charge in [-0.1, -0.05) is 29.3 Å². The molecule has 1 unspecified atom stereocenters. The van der Waals surface area contributed by atoms with E-state index in [0.717, 1.165) is 11.8 Å². The van der Waals surface area contributed by atoms with Crippen LogP contribution in [0.2, 0.25) is 10.0 Å². The van der Waals surface area contributed by atoms with E-state index in [2.05, 4.69) is 16.1 Å². The molecule has 2 saturated heterocycles. The zero-order chi connectivity index (χ0) is 23.1. The van der Waals surface area contributed by atoms with Crippen molar-refractivity contribution in [2.45, 2.75) is 55.1 Å². The highest BCUT2D eigenvalue weighted by atomic mass is 35.5. The number of thioether (sulfide) groups is 1. The predicted molar refractivity (Wildman–Crippen MR) is 116 cm³/mol. The van der Waals surface area contributed by atoms with Crippen LogP contribution in [0.1, 0.15) is 32.4 Å². The molecule has 31 heavy (non-hydrogen) atoms. The summed E-state index contributed by atoms with van der Waals surface area (Å²) in [5, 5.41) is 24.4. The Morgan fingerprint density at radius 3 is 2.35 bits per heavy atom. The number of hydrogen-bond acceptors (Lipinski definition) is 7. The van der Waals surface area contributed by atoms with Crippen LogP contribution in [0.25, 0.3) is 0 Å². The highest BCUT2D eigenvalue weighted by Crippen LogP contribution is 2.41. The first-order valence-corrected chi connectivity index (χ1v) is 11.1. The average molecular weight is 492 g/mol. The fraction of sp³-hybridized carbons (Fsp3) is 0.526. The molecule has 9 nitrogen and oxygen atoms in total. The number of hydrogen-bond donors (Lipinski definition) is 5. The second-order valence-corrected chi connectivity index (χ2v) is 10.6. The summed E-state index contributed by atoms with van der Waals surface area (Å²) in [6, 6.07) is 1.92. The highest BCUT2D eigenvalue weighted by molar-refractivity contribution is 8.01. The van der Waals surface area contributed by atoms with Crippen molar-refractivity contribution in [2.75, 3.05) is 0 Å². The van der Waals surface area contributed by atoms with E-state index in [9.17, 15) is 24.6 Å². The monoisotopic (exact) mass is 491 g/mol. The SMILES string of the molecule is C[C@H]1ONC(c2c(Cl)cccc2Cl)[C@H]1C(=O)N[C@H](C(=O)O)[C@@H]1N[C@@H](C(=O)O)C(C)(C)S1. The Hall–Kier alpha value is -1.56. The van der Waals surface area contributed by atoms with Gasteiger partial charge in [0.2, 0.25) is 5.91 Å². The first-order valence-electron chi connectivity index (χ1n) is 9.49. The molecule has 170 valence electrons. The number of hydroxylamine groups is 1. The number of carboxylic acids is 2. The maximum absolute atomic E-state index is 13.2. The fourth-order valence-corrected chi connectivity index (χ4v) is 5.97. The quantitative estimate of drug-likeness (QED) is 0.404. The molecule has 0 radical (unpaired) electrons. The molecule has 5 N–H and O–H groups in total. The molecule has 12 heteroatoms. The molecule has 2 heterocycles. The smallest absolute Gasteiger partial charge is 0.328 e. The molecule has 0 saturated carbocycles. The van der Waals surface area contributed by atoms with E-state index < -0.39 is 58.1 Å². The van der Waals surface area contributed by atoms with Crippen molar-refractivity contribution < 1.29 is 29.4 Å². The van der Waals surface area contributed by atoms with Crippen molar-refractivity contribution in [3.63, 3.8) is 0 Å². The van der Waals surface area contributed by atoms with Crippen LogP contribution in [0.3, 0.4) is 0 Å². The Labute approximate surface area is 193 Å². The van der Waals surface area contributed by atoms with Gasteiger partial charge in [-0.15, -0.1) is 11.8 Å². The molecular weight excluding hydrogens is 469 g/mol. The van der Waals surface area contributed by atoms with E-state index in [4.69, 9.17) is 28.0 Å². The zero-order valence-corrected chi connectivity index (χ0v) is 19.2. The third-order valence-corrected chi connectivity index (χ3v) is 7.59. The van der Waals surface area contributed by atoms with Crippen LogP contribution >= 0.6 is 35.0 Å². The maximum atomic E-state index is 13.2. The number of carbonyl (C=O) groups excluding carboxylic acids is 1. The number of halogens is 2. The molecule has 3 rings (SSSR count). The second-order valence-electron chi connectivity index (χ2n) is 7.98. The lowest BCUT2D eigenvalue weighted by atomic mass is 9.89. The van der Waals surface area contributed by atoms with Crippen molar-refractivity contribution in [3.05, 3.63) is 33.8 Å². The van der Waals surface area contributed by atoms with Gasteiger partial charge in [-0.05, 0) is 32.9 Å². The summed E-state index contributed by atoms with van der Waals surface area (Å²) >= 11 is 13.7. The molecule has 0 aromatic heterocycles. The Morgan fingerprint density at radius 1 is 1.23 bits per heavy atom. The molecule has 1 amide bonds. The molecule has 2 aliphatic rings. The van der Waals surface area contributed by atoms with E-state index in [0.29, 0.717) is 15.6 Å². The summed E-state index contributed by atoms with van der Waals surface area (Å²) in [7, 11) is 0. The topological polar surface area (TPSA) is 137 Å². The van der Waals surface area contributed by atoms with Gasteiger partial charge in [0, 0.05) is 20.4 Å². The van der Waals surface area contributed by atoms with E-state index >= 15 is 0 Å². The number of aliphatic carboxylic acids is 2. The van der Waals surface area contributed by atoms with Crippen molar-refractivity contribution in [2.24, 2.45) is 5.92 Å². The van der Waals surface area contributed by atoms with E-state index in [1.807, 2.05) is 0 Å². The summed E-state index contributed by atoms with van der Waals surface area (Å²) in [4.78, 5) is 42.1. The van der Waals surface area contributed by atoms with Crippen LogP contribution in [-0.2, 0) is 19.2 Å². The standard InChI is InChI=1S/C19H23Cl2N3O6S/c1-7-10(12(24-30-7)11-8(20)5-4-6-9(11)21)15(25)22-13(17(26)27)16-23-14(18(28)29)19(2,3)31-16/h4-7,10,12-14,16,23-24H,1-3H3,(H,22,25)(H,26,27)(H,28,29)/t7-,10+,12?,13+,14+,16-/m1/s1. The van der Waals surface area contributed by atoms with Gasteiger partial charge in [0.1, 0.15) is 6.04 Å². The van der Waals surface area contributed by atoms with Crippen molar-refractivity contribution in [1.82, 2.24) is 16.1 Å². The summed E-state index contributed by atoms with van der Waals surface area (Å²) in [5.41, 5.74) is 3.24. The minimum absolute atomic E-state index is 0.342. The van der Waals surface area contributed by atoms with Crippen molar-refractivity contribution >= 4 is 52.8 Å². The first kappa shape index (κ1) is 24.1. The summed E-state index contributed by atoms with van der Waals surface area (Å²) in [6.45, 7) is 5.08. The van der Waals surface area contributed by atoms with Gasteiger partial charge >= 0.3 is 11.9 Å². The molecule has 2 aliphatic heterocycles. The lowest BCUT2D eigenvalue weighted by Crippen LogP contribution is -2.55. The van der Waals surface area contributed by atoms with Gasteiger partial charge in [-0.2, -0.15) is 5.48 Å². The van der Waals surface area contributed by atoms with Gasteiger partial charge in [-0.3, -0.25) is 19.7 Å². The molecule has 0 spiro atoms. The minimum Gasteiger partial charge on any atom is -0.480 e. The Morgan fingerprint density at radius 2 is 1.84 bits per heavy atom. The highest BCUT2D eigenvalue weighted by Gasteiger charge is 2.51. The normalized spacial score (nSPS) is 30.7. The Kier molecular flexibility index (Phi) is 7.09. The minimum atomic E-state index is -1.36. The van der Waals surface area contributed by atoms with Gasteiger partial charge in [0.15, 0.2) is 6.04 Å². The molecule has 1 aromatic carbocycles. The predicted octanol–water partition coefficient (Wildman–Crippen LogP) is 2.04. The number of benzene rings is 1. The molecule has 0 bridgehead atoms. The summed E-state index contributed by atoms with van der Waals surface area (Å²) in [6.07, 6.45) is -0.598. The van der Waals surface area contributed by atoms with Crippen molar-refractivity contribution in [1.29, 1.82) is 0 Å². The number of nitrogens with one attached hydrogen (secondary N) is 3. The fourth-order valence-electron chi connectivity index (χ4n) is 3.85. The van der Waals surface area contributed by atoms with E-state index in [1.54, 1.807) is 39.0 Å². The van der Waals surface area contributed by atoms with Gasteiger partial charge < -0.3 is 15.5 Å². The number of carbonyl (C=O) groups is 3. The lowest BCUT2D eigenvalue weighted by molar-refractivity contribution is -0.144. The number of carboxylic acid groups (broad SMARTS) is 2. The molecule has 6 atom stereocenters. The summed E-state index contributed by atoms with van der Waals surface area (Å²) in [5.74, 6) is -3.78. The third-order valence-electron chi connectivity index (χ3n) is 5.43. The van der Waals surface area contributed by atoms with Crippen LogP contribution in [-0.4, -0.2) is 56.4 Å². The zero-order valence-electron chi connectivity index (χ0n) is 16.9. The maximum Gasteiger partial charge on any atom is 0.328 e. The van der Waals surface area contributed by atoms with Gasteiger partial charge in [0.25, 0.3) is 0 Å². The van der Waals surface area contributed by atoms with E-state index in [-0.39, 0.29) is 0 Å². The lowest BCUT2D eigenvalue weighted by Gasteiger charge is -2.26. The Balaban J connectivity index is 1.83. The second kappa shape index (κ2) is 9.13. The van der Waals surface area contributed by atoms with Gasteiger partial charge in [-0.25, -0.2) is 4.79 Å². The number of rotatable bonds is 6. The third kappa shape index (κ3) is 4.79. The van der Waals surface area contributed by atoms with E-state index in [1.165, 1.54) is 0 Å². The molecular formula is C19H23Cl2N3O6S. The average Bonchev–Trinajstić information content (AvgIpc) is 3.18. The molecule has 1 aromatic rings. The van der Waals surface area contributed by atoms with Crippen LogP contribution in [0.15, 0.2) is 18.2 Å². The van der Waals surface area contributed by atoms with Crippen LogP contribution in [0.4, 0.5) is 0 Å². The van der Waals surface area contributed by atoms with Crippen LogP contribution < -0.4 is 16.1 Å². The Bertz CT molecular complexity index is 881. The van der Waals surface area contributed by atoms with Gasteiger partial charge in [0.05, 0.1) is 23.4 Å². The summed E-state index contributed by atoms with van der Waals surface area (Å²) < 4.78 is -0.770.